The fraction of sp³-hybridized carbons (Fsp3) is 0.105. The lowest BCUT2D eigenvalue weighted by Gasteiger charge is -2.11. The number of methoxy groups -OCH3 is 1. The van der Waals surface area contributed by atoms with Gasteiger partial charge in [-0.1, -0.05) is 15.9 Å². The highest BCUT2D eigenvalue weighted by Gasteiger charge is 2.13. The van der Waals surface area contributed by atoms with Gasteiger partial charge in [-0.05, 0) is 57.9 Å². The van der Waals surface area contributed by atoms with E-state index in [2.05, 4.69) is 42.4 Å². The number of carbonyl (C=O) groups excluding carboxylic acids is 1. The van der Waals surface area contributed by atoms with Crippen molar-refractivity contribution in [2.24, 2.45) is 5.10 Å². The van der Waals surface area contributed by atoms with Gasteiger partial charge < -0.3 is 13.9 Å². The zero-order valence-electron chi connectivity index (χ0n) is 14.5. The molecule has 28 heavy (non-hydrogen) atoms. The van der Waals surface area contributed by atoms with Crippen LogP contribution in [0.25, 0.3) is 11.0 Å². The van der Waals surface area contributed by atoms with E-state index in [-0.39, 0.29) is 12.4 Å². The lowest BCUT2D eigenvalue weighted by atomic mass is 10.2. The molecule has 0 spiro atoms. The Morgan fingerprint density at radius 2 is 2.14 bits per heavy atom. The number of halogens is 2. The molecule has 0 bridgehead atoms. The fourth-order valence-electron chi connectivity index (χ4n) is 2.41. The zero-order valence-corrected chi connectivity index (χ0v) is 17.7. The molecule has 142 valence electrons. The van der Waals surface area contributed by atoms with Crippen LogP contribution in [0.15, 0.2) is 54.9 Å². The summed E-state index contributed by atoms with van der Waals surface area (Å²) >= 11 is 6.75. The highest BCUT2D eigenvalue weighted by Crippen LogP contribution is 2.36. The molecule has 9 heteroatoms. The molecule has 0 saturated carbocycles. The molecule has 0 fully saturated rings. The molecule has 0 aliphatic heterocycles. The van der Waals surface area contributed by atoms with Crippen molar-refractivity contribution in [1.29, 1.82) is 5.26 Å². The molecule has 0 unspecified atom stereocenters. The number of amides is 1. The second kappa shape index (κ2) is 8.91. The molecule has 2 aromatic carbocycles. The predicted molar refractivity (Wildman–Crippen MR) is 111 cm³/mol. The first-order chi connectivity index (χ1) is 13.5. The number of carbonyl (C=O) groups is 1. The van der Waals surface area contributed by atoms with Crippen molar-refractivity contribution in [3.8, 4) is 17.6 Å². The fourth-order valence-corrected chi connectivity index (χ4v) is 3.36. The standard InChI is InChI=1S/C19H13Br2N3O4/c1-26-16-7-11(6-14(21)18(16)27-5-4-22)10-23-24-19(25)17-9-12-8-13(20)2-3-15(12)28-17/h2-3,6-10H,5H2,1H3,(H,24,25)/b23-10+. The van der Waals surface area contributed by atoms with Crippen LogP contribution in [0.5, 0.6) is 11.5 Å². The van der Waals surface area contributed by atoms with Gasteiger partial charge in [0.05, 0.1) is 17.8 Å². The van der Waals surface area contributed by atoms with E-state index in [4.69, 9.17) is 19.2 Å². The van der Waals surface area contributed by atoms with Crippen LogP contribution >= 0.6 is 31.9 Å². The highest BCUT2D eigenvalue weighted by atomic mass is 79.9. The van der Waals surface area contributed by atoms with Crippen molar-refractivity contribution in [3.63, 3.8) is 0 Å². The van der Waals surface area contributed by atoms with Gasteiger partial charge >= 0.3 is 5.91 Å². The first-order valence-electron chi connectivity index (χ1n) is 7.91. The molecular formula is C19H13Br2N3O4. The molecule has 0 radical (unpaired) electrons. The maximum Gasteiger partial charge on any atom is 0.307 e. The first-order valence-corrected chi connectivity index (χ1v) is 9.50. The van der Waals surface area contributed by atoms with Crippen molar-refractivity contribution in [1.82, 2.24) is 5.43 Å². The Balaban J connectivity index is 1.73. The second-order valence-corrected chi connectivity index (χ2v) is 7.24. The number of hydrogen-bond acceptors (Lipinski definition) is 6. The second-order valence-electron chi connectivity index (χ2n) is 5.47. The van der Waals surface area contributed by atoms with Crippen molar-refractivity contribution >= 4 is 55.0 Å². The van der Waals surface area contributed by atoms with Crippen molar-refractivity contribution < 1.29 is 18.7 Å². The highest BCUT2D eigenvalue weighted by molar-refractivity contribution is 9.10. The Morgan fingerprint density at radius 3 is 2.89 bits per heavy atom. The van der Waals surface area contributed by atoms with Gasteiger partial charge in [0.1, 0.15) is 11.7 Å². The van der Waals surface area contributed by atoms with Gasteiger partial charge in [-0.15, -0.1) is 0 Å². The number of hydrogen-bond donors (Lipinski definition) is 1. The van der Waals surface area contributed by atoms with Crippen LogP contribution < -0.4 is 14.9 Å². The van der Waals surface area contributed by atoms with Crippen LogP contribution in [0.4, 0.5) is 0 Å². The number of furan rings is 1. The predicted octanol–water partition coefficient (Wildman–Crippen LogP) is 4.63. The quantitative estimate of drug-likeness (QED) is 0.388. The van der Waals surface area contributed by atoms with E-state index < -0.39 is 5.91 Å². The van der Waals surface area contributed by atoms with E-state index in [1.54, 1.807) is 24.3 Å². The number of ether oxygens (including phenoxy) is 2. The molecule has 1 heterocycles. The van der Waals surface area contributed by atoms with Crippen LogP contribution in [0.1, 0.15) is 16.1 Å². The third-order valence-electron chi connectivity index (χ3n) is 3.61. The number of hydrazone groups is 1. The van der Waals surface area contributed by atoms with E-state index in [0.29, 0.717) is 27.1 Å². The van der Waals surface area contributed by atoms with Gasteiger partial charge in [-0.25, -0.2) is 5.43 Å². The number of nitriles is 1. The third-order valence-corrected chi connectivity index (χ3v) is 4.70. The van der Waals surface area contributed by atoms with Crippen molar-refractivity contribution in [2.45, 2.75) is 0 Å². The van der Waals surface area contributed by atoms with E-state index in [1.165, 1.54) is 13.3 Å². The molecule has 0 atom stereocenters. The Hall–Kier alpha value is -2.83. The molecule has 3 aromatic rings. The number of benzene rings is 2. The lowest BCUT2D eigenvalue weighted by Crippen LogP contribution is -2.16. The van der Waals surface area contributed by atoms with Crippen LogP contribution in [0, 0.1) is 11.3 Å². The summed E-state index contributed by atoms with van der Waals surface area (Å²) in [6, 6.07) is 12.4. The SMILES string of the molecule is COc1cc(/C=N/NC(=O)c2cc3cc(Br)ccc3o2)cc(Br)c1OCC#N. The molecule has 1 amide bonds. The molecule has 0 saturated heterocycles. The summed E-state index contributed by atoms with van der Waals surface area (Å²) in [6.45, 7) is -0.105. The Morgan fingerprint density at radius 1 is 1.32 bits per heavy atom. The number of nitrogens with one attached hydrogen (secondary N) is 1. The Bertz CT molecular complexity index is 1100. The molecule has 0 aliphatic carbocycles. The summed E-state index contributed by atoms with van der Waals surface area (Å²) < 4.78 is 17.6. The summed E-state index contributed by atoms with van der Waals surface area (Å²) in [5, 5.41) is 13.4. The minimum absolute atomic E-state index is 0.105. The molecule has 7 nitrogen and oxygen atoms in total. The Labute approximate surface area is 177 Å². The lowest BCUT2D eigenvalue weighted by molar-refractivity contribution is 0.0929. The summed E-state index contributed by atoms with van der Waals surface area (Å²) in [6.07, 6.45) is 1.46. The normalized spacial score (nSPS) is 10.8. The average Bonchev–Trinajstić information content (AvgIpc) is 3.10. The monoisotopic (exact) mass is 505 g/mol. The number of nitrogens with zero attached hydrogens (tertiary/aromatic N) is 2. The van der Waals surface area contributed by atoms with Crippen LogP contribution in [-0.2, 0) is 0 Å². The van der Waals surface area contributed by atoms with Gasteiger partial charge in [0.25, 0.3) is 0 Å². The molecular weight excluding hydrogens is 494 g/mol. The van der Waals surface area contributed by atoms with E-state index in [1.807, 2.05) is 18.2 Å². The summed E-state index contributed by atoms with van der Waals surface area (Å²) in [5.74, 6) is 0.534. The van der Waals surface area contributed by atoms with Gasteiger partial charge in [0.2, 0.25) is 0 Å². The van der Waals surface area contributed by atoms with Gasteiger partial charge in [0.15, 0.2) is 23.9 Å². The Kier molecular flexibility index (Phi) is 6.34. The maximum atomic E-state index is 12.2. The third kappa shape index (κ3) is 4.52. The van der Waals surface area contributed by atoms with Gasteiger partial charge in [-0.2, -0.15) is 10.4 Å². The number of fused-ring (bicyclic) bond motifs is 1. The smallest absolute Gasteiger partial charge is 0.307 e. The molecule has 1 N–H and O–H groups in total. The number of rotatable bonds is 6. The van der Waals surface area contributed by atoms with Crippen molar-refractivity contribution in [3.05, 3.63) is 56.7 Å². The summed E-state index contributed by atoms with van der Waals surface area (Å²) in [7, 11) is 1.49. The van der Waals surface area contributed by atoms with Gasteiger partial charge in [-0.3, -0.25) is 4.79 Å². The first kappa shape index (κ1) is 19.9. The maximum absolute atomic E-state index is 12.2. The van der Waals surface area contributed by atoms with E-state index in [0.717, 1.165) is 9.86 Å². The molecule has 3 rings (SSSR count). The van der Waals surface area contributed by atoms with Crippen LogP contribution in [-0.4, -0.2) is 25.8 Å². The van der Waals surface area contributed by atoms with Crippen LogP contribution in [0.3, 0.4) is 0 Å². The summed E-state index contributed by atoms with van der Waals surface area (Å²) in [5.41, 5.74) is 3.69. The average molecular weight is 507 g/mol. The largest absolute Gasteiger partial charge is 0.493 e. The van der Waals surface area contributed by atoms with E-state index >= 15 is 0 Å². The van der Waals surface area contributed by atoms with Crippen LogP contribution in [0.2, 0.25) is 0 Å². The molecule has 1 aromatic heterocycles. The summed E-state index contributed by atoms with van der Waals surface area (Å²) in [4.78, 5) is 12.2. The van der Waals surface area contributed by atoms with E-state index in [9.17, 15) is 4.79 Å². The topological polar surface area (TPSA) is 96.8 Å². The van der Waals surface area contributed by atoms with Crippen molar-refractivity contribution in [2.75, 3.05) is 13.7 Å². The molecule has 0 aliphatic rings. The minimum Gasteiger partial charge on any atom is -0.493 e. The zero-order chi connectivity index (χ0) is 20.1. The minimum atomic E-state index is -0.469. The van der Waals surface area contributed by atoms with Gasteiger partial charge in [0, 0.05) is 9.86 Å².